The zero-order valence-corrected chi connectivity index (χ0v) is 20.0. The summed E-state index contributed by atoms with van der Waals surface area (Å²) in [6, 6.07) is 11.0. The van der Waals surface area contributed by atoms with Crippen molar-refractivity contribution in [3.63, 3.8) is 0 Å². The highest BCUT2D eigenvalue weighted by atomic mass is 16.6. The molecule has 2 aromatic carbocycles. The van der Waals surface area contributed by atoms with Crippen LogP contribution in [0.5, 0.6) is 0 Å². The number of aliphatic hydroxyl groups is 8. The van der Waals surface area contributed by atoms with E-state index in [0.717, 1.165) is 22.3 Å². The predicted molar refractivity (Wildman–Crippen MR) is 127 cm³/mol. The van der Waals surface area contributed by atoms with E-state index in [1.54, 1.807) is 12.1 Å². The summed E-state index contributed by atoms with van der Waals surface area (Å²) >= 11 is 0. The summed E-state index contributed by atoms with van der Waals surface area (Å²) in [7, 11) is 0. The second-order valence-corrected chi connectivity index (χ2v) is 9.64. The van der Waals surface area contributed by atoms with Gasteiger partial charge in [-0.1, -0.05) is 36.4 Å². The molecule has 10 atom stereocenters. The Morgan fingerprint density at radius 2 is 0.917 bits per heavy atom. The van der Waals surface area contributed by atoms with Crippen LogP contribution in [0.15, 0.2) is 36.4 Å². The number of aryl methyl sites for hydroxylation is 2. The molecule has 0 spiro atoms. The first kappa shape index (κ1) is 27.1. The monoisotopic (exact) mass is 506 g/mol. The minimum Gasteiger partial charge on any atom is -0.394 e. The fraction of sp³-hybridized carbons (Fsp3) is 0.538. The molecule has 2 aromatic rings. The maximum atomic E-state index is 10.5. The molecule has 10 heteroatoms. The third-order valence-electron chi connectivity index (χ3n) is 7.27. The summed E-state index contributed by atoms with van der Waals surface area (Å²) < 4.78 is 11.4. The fourth-order valence-corrected chi connectivity index (χ4v) is 5.07. The highest BCUT2D eigenvalue weighted by molar-refractivity contribution is 5.66. The number of rotatable bonds is 5. The van der Waals surface area contributed by atoms with Gasteiger partial charge in [0.1, 0.15) is 61.0 Å². The smallest absolute Gasteiger partial charge is 0.113 e. The Bertz CT molecular complexity index is 974. The van der Waals surface area contributed by atoms with Gasteiger partial charge in [-0.05, 0) is 47.2 Å². The summed E-state index contributed by atoms with van der Waals surface area (Å²) in [4.78, 5) is 0. The molecule has 0 bridgehead atoms. The van der Waals surface area contributed by atoms with Crippen LogP contribution in [0.1, 0.15) is 34.5 Å². The Balaban J connectivity index is 1.59. The Labute approximate surface area is 208 Å². The van der Waals surface area contributed by atoms with E-state index in [0.29, 0.717) is 11.1 Å². The largest absolute Gasteiger partial charge is 0.394 e. The molecule has 10 nitrogen and oxygen atoms in total. The highest BCUT2D eigenvalue weighted by Gasteiger charge is 2.45. The van der Waals surface area contributed by atoms with Crippen molar-refractivity contribution in [2.75, 3.05) is 13.2 Å². The van der Waals surface area contributed by atoms with Crippen LogP contribution in [0.4, 0.5) is 0 Å². The summed E-state index contributed by atoms with van der Waals surface area (Å²) in [5.74, 6) is 0. The Kier molecular flexibility index (Phi) is 8.13. The first-order valence-electron chi connectivity index (χ1n) is 11.9. The van der Waals surface area contributed by atoms with Crippen molar-refractivity contribution in [2.24, 2.45) is 0 Å². The molecule has 0 saturated carbocycles. The molecule has 36 heavy (non-hydrogen) atoms. The SMILES string of the molecule is Cc1cc(-c2ccc(C3OC(CO)C(O)C(O)C3O)c(C)c2)ccc1C1OC(CO)C(O)C(O)C1O. The van der Waals surface area contributed by atoms with Gasteiger partial charge in [0.2, 0.25) is 0 Å². The van der Waals surface area contributed by atoms with Crippen LogP contribution in [0.2, 0.25) is 0 Å². The van der Waals surface area contributed by atoms with Gasteiger partial charge in [0.05, 0.1) is 13.2 Å². The van der Waals surface area contributed by atoms with Crippen molar-refractivity contribution in [2.45, 2.75) is 74.9 Å². The molecule has 10 unspecified atom stereocenters. The van der Waals surface area contributed by atoms with E-state index < -0.39 is 74.3 Å². The molecule has 8 N–H and O–H groups in total. The molecule has 2 aliphatic rings. The van der Waals surface area contributed by atoms with Crippen LogP contribution in [-0.2, 0) is 9.47 Å². The zero-order chi connectivity index (χ0) is 26.3. The molecule has 0 amide bonds. The van der Waals surface area contributed by atoms with Crippen LogP contribution < -0.4 is 0 Å². The quantitative estimate of drug-likeness (QED) is 0.251. The van der Waals surface area contributed by atoms with Crippen molar-refractivity contribution in [1.29, 1.82) is 0 Å². The van der Waals surface area contributed by atoms with Crippen LogP contribution in [0, 0.1) is 13.8 Å². The van der Waals surface area contributed by atoms with Gasteiger partial charge >= 0.3 is 0 Å². The van der Waals surface area contributed by atoms with E-state index in [2.05, 4.69) is 0 Å². The van der Waals surface area contributed by atoms with E-state index in [-0.39, 0.29) is 0 Å². The number of hydrogen-bond donors (Lipinski definition) is 8. The molecule has 2 heterocycles. The molecule has 2 saturated heterocycles. The topological polar surface area (TPSA) is 180 Å². The molecule has 4 rings (SSSR count). The van der Waals surface area contributed by atoms with Crippen molar-refractivity contribution in [1.82, 2.24) is 0 Å². The molecular weight excluding hydrogens is 472 g/mol. The standard InChI is InChI=1S/C26H34O10/c1-11-7-13(3-5-15(11)25-23(33)21(31)19(29)17(9-27)35-25)14-4-6-16(12(2)8-14)26-24(34)22(32)20(30)18(10-28)36-26/h3-8,17-34H,9-10H2,1-2H3. The van der Waals surface area contributed by atoms with E-state index in [1.807, 2.05) is 38.1 Å². The van der Waals surface area contributed by atoms with Crippen molar-refractivity contribution >= 4 is 0 Å². The average molecular weight is 507 g/mol. The zero-order valence-electron chi connectivity index (χ0n) is 20.0. The van der Waals surface area contributed by atoms with Crippen molar-refractivity contribution in [3.8, 4) is 11.1 Å². The third-order valence-corrected chi connectivity index (χ3v) is 7.27. The second-order valence-electron chi connectivity index (χ2n) is 9.64. The van der Waals surface area contributed by atoms with E-state index >= 15 is 0 Å². The van der Waals surface area contributed by atoms with Gasteiger partial charge in [-0.15, -0.1) is 0 Å². The maximum Gasteiger partial charge on any atom is 0.113 e. The molecule has 2 fully saturated rings. The van der Waals surface area contributed by atoms with Gasteiger partial charge in [-0.25, -0.2) is 0 Å². The summed E-state index contributed by atoms with van der Waals surface area (Å²) in [5, 5.41) is 80.2. The van der Waals surface area contributed by atoms with Gasteiger partial charge in [0.25, 0.3) is 0 Å². The lowest BCUT2D eigenvalue weighted by Gasteiger charge is -2.40. The summed E-state index contributed by atoms with van der Waals surface area (Å²) in [5.41, 5.74) is 4.48. The lowest BCUT2D eigenvalue weighted by Crippen LogP contribution is -2.55. The lowest BCUT2D eigenvalue weighted by molar-refractivity contribution is -0.231. The maximum absolute atomic E-state index is 10.5. The second kappa shape index (κ2) is 10.8. The van der Waals surface area contributed by atoms with Crippen molar-refractivity contribution < 1.29 is 50.3 Å². The predicted octanol–water partition coefficient (Wildman–Crippen LogP) is -1.000. The first-order valence-corrected chi connectivity index (χ1v) is 11.9. The van der Waals surface area contributed by atoms with Gasteiger partial charge in [-0.3, -0.25) is 0 Å². The number of hydrogen-bond acceptors (Lipinski definition) is 10. The van der Waals surface area contributed by atoms with Gasteiger partial charge in [0, 0.05) is 0 Å². The normalized spacial score (nSPS) is 37.2. The Morgan fingerprint density at radius 3 is 1.22 bits per heavy atom. The average Bonchev–Trinajstić information content (AvgIpc) is 2.87. The molecule has 0 aliphatic carbocycles. The Morgan fingerprint density at radius 1 is 0.556 bits per heavy atom. The first-order chi connectivity index (χ1) is 17.1. The summed E-state index contributed by atoms with van der Waals surface area (Å²) in [6.07, 6.45) is -12.3. The number of aliphatic hydroxyl groups excluding tert-OH is 8. The molecule has 2 aliphatic heterocycles. The van der Waals surface area contributed by atoms with Crippen LogP contribution in [0.3, 0.4) is 0 Å². The number of ether oxygens (including phenoxy) is 2. The van der Waals surface area contributed by atoms with Crippen LogP contribution in [0.25, 0.3) is 11.1 Å². The van der Waals surface area contributed by atoms with E-state index in [1.165, 1.54) is 0 Å². The van der Waals surface area contributed by atoms with Crippen LogP contribution in [-0.4, -0.2) is 103 Å². The van der Waals surface area contributed by atoms with Crippen LogP contribution >= 0.6 is 0 Å². The van der Waals surface area contributed by atoms with E-state index in [4.69, 9.17) is 9.47 Å². The minimum atomic E-state index is -1.46. The number of benzene rings is 2. The Hall–Kier alpha value is -1.96. The third kappa shape index (κ3) is 4.82. The summed E-state index contributed by atoms with van der Waals surface area (Å²) in [6.45, 7) is 2.65. The minimum absolute atomic E-state index is 0.501. The van der Waals surface area contributed by atoms with E-state index in [9.17, 15) is 40.9 Å². The molecule has 198 valence electrons. The molecular formula is C26H34O10. The van der Waals surface area contributed by atoms with Gasteiger partial charge in [0.15, 0.2) is 0 Å². The van der Waals surface area contributed by atoms with Gasteiger partial charge in [-0.2, -0.15) is 0 Å². The highest BCUT2D eigenvalue weighted by Crippen LogP contribution is 2.38. The molecule has 0 radical (unpaired) electrons. The van der Waals surface area contributed by atoms with Crippen molar-refractivity contribution in [3.05, 3.63) is 58.7 Å². The van der Waals surface area contributed by atoms with Gasteiger partial charge < -0.3 is 50.3 Å². The lowest BCUT2D eigenvalue weighted by atomic mass is 9.87. The molecule has 0 aromatic heterocycles. The fourth-order valence-electron chi connectivity index (χ4n) is 5.07.